The molecule has 3 N–H and O–H groups in total. The Labute approximate surface area is 139 Å². The molecule has 1 amide bonds. The largest absolute Gasteiger partial charge is 0.480 e. The van der Waals surface area contributed by atoms with Crippen molar-refractivity contribution in [3.05, 3.63) is 71.9 Å². The van der Waals surface area contributed by atoms with Crippen molar-refractivity contribution >= 4 is 22.8 Å². The first-order valence-corrected chi connectivity index (χ1v) is 7.68. The molecule has 0 bridgehead atoms. The third-order valence-corrected chi connectivity index (χ3v) is 4.05. The minimum Gasteiger partial charge on any atom is -0.480 e. The van der Waals surface area contributed by atoms with Gasteiger partial charge in [0, 0.05) is 24.6 Å². The lowest BCUT2D eigenvalue weighted by Gasteiger charge is -2.25. The molecule has 0 radical (unpaired) electrons. The van der Waals surface area contributed by atoms with E-state index in [0.717, 1.165) is 22.0 Å². The second-order valence-electron chi connectivity index (χ2n) is 5.73. The smallest absolute Gasteiger partial charge is 0.327 e. The summed E-state index contributed by atoms with van der Waals surface area (Å²) in [5.74, 6) is -1.91. The molecule has 1 heterocycles. The Kier molecular flexibility index (Phi) is 4.33. The van der Waals surface area contributed by atoms with Gasteiger partial charge in [0.1, 0.15) is 6.04 Å². The highest BCUT2D eigenvalue weighted by Gasteiger charge is 2.31. The van der Waals surface area contributed by atoms with Gasteiger partial charge in [-0.05, 0) is 34.7 Å². The van der Waals surface area contributed by atoms with E-state index in [9.17, 15) is 14.7 Å². The van der Waals surface area contributed by atoms with Crippen molar-refractivity contribution < 1.29 is 14.7 Å². The molecule has 0 spiro atoms. The van der Waals surface area contributed by atoms with Gasteiger partial charge >= 0.3 is 5.97 Å². The summed E-state index contributed by atoms with van der Waals surface area (Å²) in [6.45, 7) is 1.33. The third kappa shape index (κ3) is 3.15. The Morgan fingerprint density at radius 1 is 1.04 bits per heavy atom. The standard InChI is InChI=1S/C19H18N2O3/c1-12(22)21-18(19(23)24)17(13-5-3-2-4-6-13)15-7-8-16-14(11-15)9-10-20-16/h2-11,17-18,20H,1H3,(H,21,22)(H,23,24). The highest BCUT2D eigenvalue weighted by Crippen LogP contribution is 2.30. The van der Waals surface area contributed by atoms with E-state index < -0.39 is 17.9 Å². The van der Waals surface area contributed by atoms with E-state index in [1.807, 2.05) is 60.8 Å². The zero-order chi connectivity index (χ0) is 17.1. The number of benzene rings is 2. The van der Waals surface area contributed by atoms with Crippen LogP contribution >= 0.6 is 0 Å². The van der Waals surface area contributed by atoms with Crippen LogP contribution in [0.5, 0.6) is 0 Å². The molecule has 2 aromatic carbocycles. The van der Waals surface area contributed by atoms with Crippen LogP contribution < -0.4 is 5.32 Å². The fourth-order valence-corrected chi connectivity index (χ4v) is 3.01. The number of carboxylic acid groups (broad SMARTS) is 1. The van der Waals surface area contributed by atoms with Gasteiger partial charge in [0.2, 0.25) is 5.91 Å². The summed E-state index contributed by atoms with van der Waals surface area (Å²) < 4.78 is 0. The molecule has 0 aliphatic heterocycles. The van der Waals surface area contributed by atoms with E-state index in [4.69, 9.17) is 0 Å². The summed E-state index contributed by atoms with van der Waals surface area (Å²) in [5.41, 5.74) is 2.67. The summed E-state index contributed by atoms with van der Waals surface area (Å²) in [7, 11) is 0. The molecule has 0 aliphatic rings. The van der Waals surface area contributed by atoms with Gasteiger partial charge in [-0.25, -0.2) is 4.79 Å². The van der Waals surface area contributed by atoms with Gasteiger partial charge in [-0.15, -0.1) is 0 Å². The zero-order valence-corrected chi connectivity index (χ0v) is 13.2. The van der Waals surface area contributed by atoms with E-state index in [2.05, 4.69) is 10.3 Å². The molecule has 0 fully saturated rings. The Bertz CT molecular complexity index is 870. The van der Waals surface area contributed by atoms with Crippen LogP contribution in [0.1, 0.15) is 24.0 Å². The molecule has 24 heavy (non-hydrogen) atoms. The monoisotopic (exact) mass is 322 g/mol. The minimum atomic E-state index is -1.06. The van der Waals surface area contributed by atoms with Gasteiger partial charge in [0.05, 0.1) is 0 Å². The Balaban J connectivity index is 2.13. The second kappa shape index (κ2) is 6.58. The van der Waals surface area contributed by atoms with E-state index in [1.54, 1.807) is 0 Å². The number of H-pyrrole nitrogens is 1. The number of carboxylic acids is 1. The molecule has 3 rings (SSSR count). The normalized spacial score (nSPS) is 13.4. The molecule has 2 atom stereocenters. The van der Waals surface area contributed by atoms with E-state index in [0.29, 0.717) is 0 Å². The number of hydrogen-bond acceptors (Lipinski definition) is 2. The molecule has 0 saturated heterocycles. The van der Waals surface area contributed by atoms with Gasteiger partial charge < -0.3 is 15.4 Å². The van der Waals surface area contributed by atoms with Gasteiger partial charge in [-0.2, -0.15) is 0 Å². The van der Waals surface area contributed by atoms with Crippen molar-refractivity contribution in [1.82, 2.24) is 10.3 Å². The number of aromatic nitrogens is 1. The molecule has 2 unspecified atom stereocenters. The van der Waals surface area contributed by atoms with Crippen LogP contribution in [0.2, 0.25) is 0 Å². The fourth-order valence-electron chi connectivity index (χ4n) is 3.01. The molecular weight excluding hydrogens is 304 g/mol. The summed E-state index contributed by atoms with van der Waals surface area (Å²) in [4.78, 5) is 26.5. The molecule has 0 aliphatic carbocycles. The Morgan fingerprint density at radius 2 is 1.79 bits per heavy atom. The average Bonchev–Trinajstić information content (AvgIpc) is 3.02. The lowest BCUT2D eigenvalue weighted by Crippen LogP contribution is -2.44. The summed E-state index contributed by atoms with van der Waals surface area (Å²) in [6, 6.07) is 16.0. The molecule has 122 valence electrons. The highest BCUT2D eigenvalue weighted by molar-refractivity contribution is 5.85. The molecule has 5 heteroatoms. The number of rotatable bonds is 5. The number of carbonyl (C=O) groups is 2. The lowest BCUT2D eigenvalue weighted by molar-refractivity contribution is -0.141. The van der Waals surface area contributed by atoms with Crippen LogP contribution in [0.15, 0.2) is 60.8 Å². The van der Waals surface area contributed by atoms with Crippen LogP contribution in [0.3, 0.4) is 0 Å². The predicted octanol–water partition coefficient (Wildman–Crippen LogP) is 2.89. The number of aromatic amines is 1. The lowest BCUT2D eigenvalue weighted by atomic mass is 9.84. The highest BCUT2D eigenvalue weighted by atomic mass is 16.4. The first-order chi connectivity index (χ1) is 11.6. The van der Waals surface area contributed by atoms with Gasteiger partial charge in [0.25, 0.3) is 0 Å². The first kappa shape index (κ1) is 15.8. The van der Waals surface area contributed by atoms with Gasteiger partial charge in [-0.1, -0.05) is 36.4 Å². The average molecular weight is 322 g/mol. The maximum atomic E-state index is 11.8. The molecule has 1 aromatic heterocycles. The fraction of sp³-hybridized carbons (Fsp3) is 0.158. The summed E-state index contributed by atoms with van der Waals surface area (Å²) in [5, 5.41) is 13.2. The van der Waals surface area contributed by atoms with Crippen LogP contribution in [0, 0.1) is 0 Å². The first-order valence-electron chi connectivity index (χ1n) is 7.68. The van der Waals surface area contributed by atoms with Crippen LogP contribution in [0.4, 0.5) is 0 Å². The number of amides is 1. The van der Waals surface area contributed by atoms with Crippen molar-refractivity contribution in [2.45, 2.75) is 18.9 Å². The Hall–Kier alpha value is -3.08. The zero-order valence-electron chi connectivity index (χ0n) is 13.2. The van der Waals surface area contributed by atoms with Crippen molar-refractivity contribution in [1.29, 1.82) is 0 Å². The number of carbonyl (C=O) groups excluding carboxylic acids is 1. The van der Waals surface area contributed by atoms with E-state index in [-0.39, 0.29) is 5.91 Å². The van der Waals surface area contributed by atoms with Crippen molar-refractivity contribution in [3.63, 3.8) is 0 Å². The summed E-state index contributed by atoms with van der Waals surface area (Å²) >= 11 is 0. The van der Waals surface area contributed by atoms with Gasteiger partial charge in [0.15, 0.2) is 0 Å². The molecule has 5 nitrogen and oxygen atoms in total. The van der Waals surface area contributed by atoms with Crippen molar-refractivity contribution in [2.24, 2.45) is 0 Å². The van der Waals surface area contributed by atoms with Gasteiger partial charge in [-0.3, -0.25) is 4.79 Å². The SMILES string of the molecule is CC(=O)NC(C(=O)O)C(c1ccccc1)c1ccc2[nH]ccc2c1. The van der Waals surface area contributed by atoms with Crippen LogP contribution in [0.25, 0.3) is 10.9 Å². The van der Waals surface area contributed by atoms with Crippen LogP contribution in [-0.2, 0) is 9.59 Å². The van der Waals surface area contributed by atoms with Crippen LogP contribution in [-0.4, -0.2) is 28.0 Å². The van der Waals surface area contributed by atoms with Crippen molar-refractivity contribution in [2.75, 3.05) is 0 Å². The van der Waals surface area contributed by atoms with Crippen molar-refractivity contribution in [3.8, 4) is 0 Å². The maximum Gasteiger partial charge on any atom is 0.327 e. The molecular formula is C19H18N2O3. The second-order valence-corrected chi connectivity index (χ2v) is 5.73. The molecule has 0 saturated carbocycles. The third-order valence-electron chi connectivity index (χ3n) is 4.05. The topological polar surface area (TPSA) is 82.2 Å². The maximum absolute atomic E-state index is 11.8. The number of fused-ring (bicyclic) bond motifs is 1. The molecule has 3 aromatic rings. The Morgan fingerprint density at radius 3 is 2.46 bits per heavy atom. The summed E-state index contributed by atoms with van der Waals surface area (Å²) in [6.07, 6.45) is 1.84. The predicted molar refractivity (Wildman–Crippen MR) is 91.8 cm³/mol. The quantitative estimate of drug-likeness (QED) is 0.675. The minimum absolute atomic E-state index is 0.369. The number of aliphatic carboxylic acids is 1. The number of nitrogens with one attached hydrogen (secondary N) is 2. The number of hydrogen-bond donors (Lipinski definition) is 3. The van der Waals surface area contributed by atoms with E-state index >= 15 is 0 Å². The van der Waals surface area contributed by atoms with E-state index in [1.165, 1.54) is 6.92 Å².